The molecule has 1 heterocycles. The third-order valence-corrected chi connectivity index (χ3v) is 2.52. The topological polar surface area (TPSA) is 47.3 Å². The summed E-state index contributed by atoms with van der Waals surface area (Å²) in [6.07, 6.45) is 2.39. The van der Waals surface area contributed by atoms with E-state index >= 15 is 0 Å². The molecule has 4 nitrogen and oxygen atoms in total. The number of aryl methyl sites for hydroxylation is 1. The maximum atomic E-state index is 12.0. The summed E-state index contributed by atoms with van der Waals surface area (Å²) in [5.74, 6) is 0.540. The van der Waals surface area contributed by atoms with Gasteiger partial charge in [-0.25, -0.2) is 4.98 Å². The van der Waals surface area contributed by atoms with Gasteiger partial charge in [0, 0.05) is 19.4 Å². The smallest absolute Gasteiger partial charge is 0.387 e. The third-order valence-electron chi connectivity index (χ3n) is 2.52. The van der Waals surface area contributed by atoms with Gasteiger partial charge in [-0.3, -0.25) is 0 Å². The van der Waals surface area contributed by atoms with Crippen LogP contribution in [0.15, 0.2) is 36.7 Å². The lowest BCUT2D eigenvalue weighted by atomic mass is 10.1. The predicted molar refractivity (Wildman–Crippen MR) is 60.3 cm³/mol. The molecule has 2 rings (SSSR count). The average Bonchev–Trinajstić information content (AvgIpc) is 2.75. The minimum absolute atomic E-state index is 0.0563. The Morgan fingerprint density at radius 1 is 1.28 bits per heavy atom. The fraction of sp³-hybridized carbons (Fsp3) is 0.250. The Kier molecular flexibility index (Phi) is 3.57. The zero-order valence-electron chi connectivity index (χ0n) is 9.62. The highest BCUT2D eigenvalue weighted by Gasteiger charge is 2.15. The second-order valence-electron chi connectivity index (χ2n) is 3.75. The van der Waals surface area contributed by atoms with E-state index in [0.29, 0.717) is 11.4 Å². The van der Waals surface area contributed by atoms with Gasteiger partial charge in [-0.1, -0.05) is 12.1 Å². The Morgan fingerprint density at radius 2 is 1.94 bits per heavy atom. The first kappa shape index (κ1) is 12.5. The van der Waals surface area contributed by atoms with Crippen molar-refractivity contribution >= 4 is 0 Å². The number of ether oxygens (including phenoxy) is 1. The molecule has 0 spiro atoms. The summed E-state index contributed by atoms with van der Waals surface area (Å²) in [6, 6.07) is 5.81. The number of rotatable bonds is 4. The molecule has 0 saturated heterocycles. The number of hydrogen-bond acceptors (Lipinski definition) is 3. The van der Waals surface area contributed by atoms with Gasteiger partial charge in [0.2, 0.25) is 0 Å². The molecule has 1 aromatic carbocycles. The van der Waals surface area contributed by atoms with Gasteiger partial charge in [-0.05, 0) is 17.7 Å². The van der Waals surface area contributed by atoms with Crippen LogP contribution in [-0.2, 0) is 7.05 Å². The third kappa shape index (κ3) is 2.65. The molecule has 0 fully saturated rings. The van der Waals surface area contributed by atoms with Crippen LogP contribution in [0.5, 0.6) is 5.75 Å². The van der Waals surface area contributed by atoms with E-state index in [9.17, 15) is 13.9 Å². The molecule has 1 unspecified atom stereocenters. The first-order valence-corrected chi connectivity index (χ1v) is 5.28. The van der Waals surface area contributed by atoms with Crippen molar-refractivity contribution in [1.82, 2.24) is 9.55 Å². The summed E-state index contributed by atoms with van der Waals surface area (Å²) >= 11 is 0. The summed E-state index contributed by atoms with van der Waals surface area (Å²) in [5, 5.41) is 10.1. The van der Waals surface area contributed by atoms with Crippen LogP contribution in [-0.4, -0.2) is 21.3 Å². The van der Waals surface area contributed by atoms with Gasteiger partial charge in [0.15, 0.2) is 0 Å². The number of aromatic nitrogens is 2. The van der Waals surface area contributed by atoms with Crippen molar-refractivity contribution in [2.45, 2.75) is 12.7 Å². The van der Waals surface area contributed by atoms with Crippen molar-refractivity contribution in [3.8, 4) is 5.75 Å². The van der Waals surface area contributed by atoms with Crippen LogP contribution in [0.1, 0.15) is 17.5 Å². The highest BCUT2D eigenvalue weighted by atomic mass is 19.3. The lowest BCUT2D eigenvalue weighted by Crippen LogP contribution is -2.07. The van der Waals surface area contributed by atoms with Crippen molar-refractivity contribution in [3.63, 3.8) is 0 Å². The molecule has 1 N–H and O–H groups in total. The Morgan fingerprint density at radius 3 is 2.44 bits per heavy atom. The fourth-order valence-corrected chi connectivity index (χ4v) is 1.62. The van der Waals surface area contributed by atoms with E-state index in [1.54, 1.807) is 24.0 Å². The van der Waals surface area contributed by atoms with Gasteiger partial charge in [-0.2, -0.15) is 8.78 Å². The first-order chi connectivity index (χ1) is 8.58. The Labute approximate surface area is 102 Å². The number of halogens is 2. The summed E-state index contributed by atoms with van der Waals surface area (Å²) in [7, 11) is 1.76. The van der Waals surface area contributed by atoms with Gasteiger partial charge in [-0.15, -0.1) is 0 Å². The largest absolute Gasteiger partial charge is 0.435 e. The molecule has 1 atom stereocenters. The number of aliphatic hydroxyl groups is 1. The second kappa shape index (κ2) is 5.14. The zero-order valence-corrected chi connectivity index (χ0v) is 9.62. The van der Waals surface area contributed by atoms with E-state index in [1.165, 1.54) is 24.3 Å². The normalized spacial score (nSPS) is 12.7. The molecule has 0 aliphatic carbocycles. The predicted octanol–water partition coefficient (Wildman–Crippen LogP) is 2.10. The molecule has 0 bridgehead atoms. The van der Waals surface area contributed by atoms with E-state index < -0.39 is 12.7 Å². The van der Waals surface area contributed by atoms with Gasteiger partial charge >= 0.3 is 6.61 Å². The van der Waals surface area contributed by atoms with Gasteiger partial charge in [0.1, 0.15) is 17.7 Å². The summed E-state index contributed by atoms with van der Waals surface area (Å²) < 4.78 is 29.9. The SMILES string of the molecule is Cn1ccnc1C(O)c1ccc(OC(F)F)cc1. The monoisotopic (exact) mass is 254 g/mol. The maximum absolute atomic E-state index is 12.0. The van der Waals surface area contributed by atoms with Crippen LogP contribution in [0.25, 0.3) is 0 Å². The lowest BCUT2D eigenvalue weighted by Gasteiger charge is -2.11. The summed E-state index contributed by atoms with van der Waals surface area (Å²) in [6.45, 7) is -2.85. The van der Waals surface area contributed by atoms with Crippen molar-refractivity contribution in [3.05, 3.63) is 48.0 Å². The first-order valence-electron chi connectivity index (χ1n) is 5.28. The number of hydrogen-bond donors (Lipinski definition) is 1. The van der Waals surface area contributed by atoms with Gasteiger partial charge in [0.05, 0.1) is 0 Å². The summed E-state index contributed by atoms with van der Waals surface area (Å²) in [5.41, 5.74) is 0.561. The molecule has 0 radical (unpaired) electrons. The quantitative estimate of drug-likeness (QED) is 0.909. The molecule has 96 valence electrons. The number of aliphatic hydroxyl groups excluding tert-OH is 1. The number of benzene rings is 1. The van der Waals surface area contributed by atoms with Crippen LogP contribution >= 0.6 is 0 Å². The van der Waals surface area contributed by atoms with Crippen LogP contribution in [0.3, 0.4) is 0 Å². The van der Waals surface area contributed by atoms with Crippen molar-refractivity contribution < 1.29 is 18.6 Å². The highest BCUT2D eigenvalue weighted by Crippen LogP contribution is 2.23. The molecule has 0 amide bonds. The highest BCUT2D eigenvalue weighted by molar-refractivity contribution is 5.30. The molecular formula is C12H12F2N2O2. The van der Waals surface area contributed by atoms with E-state index in [4.69, 9.17) is 0 Å². The van der Waals surface area contributed by atoms with Crippen LogP contribution in [0.2, 0.25) is 0 Å². The molecule has 18 heavy (non-hydrogen) atoms. The maximum Gasteiger partial charge on any atom is 0.387 e. The van der Waals surface area contributed by atoms with E-state index in [0.717, 1.165) is 0 Å². The van der Waals surface area contributed by atoms with Crippen LogP contribution in [0.4, 0.5) is 8.78 Å². The molecule has 0 aliphatic heterocycles. The minimum atomic E-state index is -2.85. The zero-order chi connectivity index (χ0) is 13.1. The number of imidazole rings is 1. The van der Waals surface area contributed by atoms with Gasteiger partial charge in [0.25, 0.3) is 0 Å². The number of alkyl halides is 2. The molecule has 2 aromatic rings. The van der Waals surface area contributed by atoms with Crippen LogP contribution in [0, 0.1) is 0 Å². The van der Waals surface area contributed by atoms with Crippen molar-refractivity contribution in [2.75, 3.05) is 0 Å². The Bertz CT molecular complexity index is 511. The van der Waals surface area contributed by atoms with Crippen LogP contribution < -0.4 is 4.74 Å². The van der Waals surface area contributed by atoms with Gasteiger partial charge < -0.3 is 14.4 Å². The van der Waals surface area contributed by atoms with Crippen molar-refractivity contribution in [2.24, 2.45) is 7.05 Å². The minimum Gasteiger partial charge on any atom is -0.435 e. The molecule has 6 heteroatoms. The molecular weight excluding hydrogens is 242 g/mol. The van der Waals surface area contributed by atoms with E-state index in [2.05, 4.69) is 9.72 Å². The average molecular weight is 254 g/mol. The molecule has 0 saturated carbocycles. The summed E-state index contributed by atoms with van der Waals surface area (Å²) in [4.78, 5) is 4.02. The fourth-order valence-electron chi connectivity index (χ4n) is 1.62. The Balaban J connectivity index is 2.17. The lowest BCUT2D eigenvalue weighted by molar-refractivity contribution is -0.0498. The van der Waals surface area contributed by atoms with E-state index in [-0.39, 0.29) is 5.75 Å². The molecule has 0 aliphatic rings. The Hall–Kier alpha value is -1.95. The van der Waals surface area contributed by atoms with Crippen molar-refractivity contribution in [1.29, 1.82) is 0 Å². The molecule has 1 aromatic heterocycles. The van der Waals surface area contributed by atoms with E-state index in [1.807, 2.05) is 0 Å². The second-order valence-corrected chi connectivity index (χ2v) is 3.75. The number of nitrogens with zero attached hydrogens (tertiary/aromatic N) is 2. The standard InChI is InChI=1S/C12H12F2N2O2/c1-16-7-6-15-11(16)10(17)8-2-4-9(5-3-8)18-12(13)14/h2-7,10,12,17H,1H3.